The number of nitrogens with one attached hydrogen (secondary N) is 1. The largest absolute Gasteiger partial charge is 0.356 e. The summed E-state index contributed by atoms with van der Waals surface area (Å²) >= 11 is 5.90. The Morgan fingerprint density at radius 1 is 1.42 bits per heavy atom. The molecular formula is C15H23ClN2O. The number of H-pyrrole nitrogens is 1. The van der Waals surface area contributed by atoms with Gasteiger partial charge in [0, 0.05) is 18.8 Å². The molecule has 19 heavy (non-hydrogen) atoms. The van der Waals surface area contributed by atoms with Gasteiger partial charge in [0.05, 0.1) is 5.02 Å². The molecule has 106 valence electrons. The van der Waals surface area contributed by atoms with Crippen molar-refractivity contribution in [1.82, 2.24) is 9.88 Å². The van der Waals surface area contributed by atoms with Gasteiger partial charge in [-0.2, -0.15) is 0 Å². The maximum absolute atomic E-state index is 12.6. The Balaban J connectivity index is 2.20. The molecule has 0 aromatic carbocycles. The topological polar surface area (TPSA) is 36.1 Å². The van der Waals surface area contributed by atoms with E-state index in [-0.39, 0.29) is 5.91 Å². The number of halogens is 1. The molecular weight excluding hydrogens is 260 g/mol. The number of aromatic amines is 1. The average molecular weight is 283 g/mol. The molecule has 1 amide bonds. The van der Waals surface area contributed by atoms with Crippen LogP contribution in [0.2, 0.25) is 5.02 Å². The molecule has 1 aliphatic rings. The molecule has 1 aromatic rings. The third-order valence-electron chi connectivity index (χ3n) is 4.13. The number of hydrogen-bond acceptors (Lipinski definition) is 1. The van der Waals surface area contributed by atoms with Crippen molar-refractivity contribution in [2.75, 3.05) is 6.54 Å². The van der Waals surface area contributed by atoms with Crippen molar-refractivity contribution >= 4 is 17.5 Å². The Morgan fingerprint density at radius 2 is 2.16 bits per heavy atom. The van der Waals surface area contributed by atoms with Crippen LogP contribution in [0.3, 0.4) is 0 Å². The summed E-state index contributed by atoms with van der Waals surface area (Å²) in [6.45, 7) is 7.52. The lowest BCUT2D eigenvalue weighted by Gasteiger charge is -2.32. The number of hydrogen-bond donors (Lipinski definition) is 1. The van der Waals surface area contributed by atoms with Gasteiger partial charge in [-0.25, -0.2) is 0 Å². The van der Waals surface area contributed by atoms with Gasteiger partial charge in [0.1, 0.15) is 5.69 Å². The summed E-state index contributed by atoms with van der Waals surface area (Å²) in [7, 11) is 0. The van der Waals surface area contributed by atoms with Gasteiger partial charge in [-0.3, -0.25) is 4.79 Å². The molecule has 2 unspecified atom stereocenters. The van der Waals surface area contributed by atoms with Crippen molar-refractivity contribution in [3.8, 4) is 0 Å². The molecule has 4 heteroatoms. The van der Waals surface area contributed by atoms with Crippen molar-refractivity contribution in [3.63, 3.8) is 0 Å². The summed E-state index contributed by atoms with van der Waals surface area (Å²) in [6.07, 6.45) is 5.06. The molecule has 0 spiro atoms. The first-order valence-corrected chi connectivity index (χ1v) is 7.51. The average Bonchev–Trinajstić information content (AvgIpc) is 2.68. The zero-order valence-electron chi connectivity index (χ0n) is 11.9. The van der Waals surface area contributed by atoms with Crippen molar-refractivity contribution in [1.29, 1.82) is 0 Å². The van der Waals surface area contributed by atoms with Crippen molar-refractivity contribution in [2.24, 2.45) is 11.8 Å². The minimum atomic E-state index is 0.0831. The van der Waals surface area contributed by atoms with Crippen LogP contribution in [-0.4, -0.2) is 28.4 Å². The van der Waals surface area contributed by atoms with Gasteiger partial charge < -0.3 is 9.88 Å². The Hall–Kier alpha value is -0.960. The van der Waals surface area contributed by atoms with Crippen LogP contribution in [-0.2, 0) is 0 Å². The number of aromatic nitrogens is 1. The number of rotatable bonds is 2. The van der Waals surface area contributed by atoms with Gasteiger partial charge >= 0.3 is 0 Å². The van der Waals surface area contributed by atoms with Crippen LogP contribution in [0.15, 0.2) is 12.3 Å². The van der Waals surface area contributed by atoms with E-state index in [1.54, 1.807) is 12.3 Å². The van der Waals surface area contributed by atoms with Gasteiger partial charge in [0.15, 0.2) is 0 Å². The maximum atomic E-state index is 12.6. The van der Waals surface area contributed by atoms with E-state index in [2.05, 4.69) is 25.8 Å². The number of carbonyl (C=O) groups is 1. The summed E-state index contributed by atoms with van der Waals surface area (Å²) in [6, 6.07) is 2.05. The first-order valence-electron chi connectivity index (χ1n) is 7.14. The van der Waals surface area contributed by atoms with E-state index in [9.17, 15) is 4.79 Å². The smallest absolute Gasteiger partial charge is 0.270 e. The number of carbonyl (C=O) groups excluding carboxylic acids is 1. The highest BCUT2D eigenvalue weighted by molar-refractivity contribution is 6.30. The molecule has 1 aromatic heterocycles. The van der Waals surface area contributed by atoms with Gasteiger partial charge in [-0.05, 0) is 37.2 Å². The second kappa shape index (κ2) is 6.00. The third-order valence-corrected chi connectivity index (χ3v) is 4.35. The predicted molar refractivity (Wildman–Crippen MR) is 78.5 cm³/mol. The molecule has 1 saturated heterocycles. The van der Waals surface area contributed by atoms with Crippen molar-refractivity contribution in [3.05, 3.63) is 23.0 Å². The fraction of sp³-hybridized carbons (Fsp3) is 0.667. The zero-order valence-corrected chi connectivity index (χ0v) is 12.7. The molecule has 0 bridgehead atoms. The molecule has 0 saturated carbocycles. The Bertz CT molecular complexity index is 441. The van der Waals surface area contributed by atoms with Crippen LogP contribution >= 0.6 is 11.6 Å². The van der Waals surface area contributed by atoms with Crippen molar-refractivity contribution in [2.45, 2.75) is 46.1 Å². The van der Waals surface area contributed by atoms with Crippen LogP contribution in [0.1, 0.15) is 50.5 Å². The lowest BCUT2D eigenvalue weighted by molar-refractivity contribution is 0.0626. The van der Waals surface area contributed by atoms with Crippen LogP contribution in [0.4, 0.5) is 0 Å². The fourth-order valence-corrected chi connectivity index (χ4v) is 3.04. The first-order chi connectivity index (χ1) is 8.99. The number of likely N-dealkylation sites (tertiary alicyclic amines) is 1. The van der Waals surface area contributed by atoms with E-state index in [0.29, 0.717) is 28.6 Å². The molecule has 0 aliphatic carbocycles. The van der Waals surface area contributed by atoms with E-state index >= 15 is 0 Å². The van der Waals surface area contributed by atoms with E-state index in [0.717, 1.165) is 19.4 Å². The monoisotopic (exact) mass is 282 g/mol. The quantitative estimate of drug-likeness (QED) is 0.876. The summed E-state index contributed by atoms with van der Waals surface area (Å²) in [5.74, 6) is 1.27. The Kier molecular flexibility index (Phi) is 4.56. The van der Waals surface area contributed by atoms with Gasteiger partial charge in [-0.1, -0.05) is 32.4 Å². The minimum absolute atomic E-state index is 0.0831. The SMILES string of the molecule is CC1CCC(C(C)C)N(C(=O)c2cc(Cl)c[nH]2)CC1. The normalized spacial score (nSPS) is 24.6. The van der Waals surface area contributed by atoms with Gasteiger partial charge in [0.25, 0.3) is 5.91 Å². The maximum Gasteiger partial charge on any atom is 0.270 e. The first kappa shape index (κ1) is 14.4. The fourth-order valence-electron chi connectivity index (χ4n) is 2.87. The Labute approximate surface area is 120 Å². The molecule has 2 heterocycles. The molecule has 1 N–H and O–H groups in total. The van der Waals surface area contributed by atoms with Crippen LogP contribution < -0.4 is 0 Å². The molecule has 1 fully saturated rings. The Morgan fingerprint density at radius 3 is 2.74 bits per heavy atom. The van der Waals surface area contributed by atoms with Gasteiger partial charge in [0.2, 0.25) is 0 Å². The third kappa shape index (κ3) is 3.33. The molecule has 2 atom stereocenters. The van der Waals surface area contributed by atoms with Crippen LogP contribution in [0.25, 0.3) is 0 Å². The van der Waals surface area contributed by atoms with E-state index in [4.69, 9.17) is 11.6 Å². The molecule has 3 nitrogen and oxygen atoms in total. The van der Waals surface area contributed by atoms with E-state index in [1.807, 2.05) is 4.90 Å². The number of amides is 1. The van der Waals surface area contributed by atoms with Crippen molar-refractivity contribution < 1.29 is 4.79 Å². The highest BCUT2D eigenvalue weighted by Crippen LogP contribution is 2.27. The second-order valence-corrected chi connectivity index (χ2v) is 6.45. The summed E-state index contributed by atoms with van der Waals surface area (Å²) in [5, 5.41) is 0.590. The molecule has 1 aliphatic heterocycles. The zero-order chi connectivity index (χ0) is 14.0. The predicted octanol–water partition coefficient (Wildman–Crippen LogP) is 3.95. The summed E-state index contributed by atoms with van der Waals surface area (Å²) < 4.78 is 0. The lowest BCUT2D eigenvalue weighted by Crippen LogP contribution is -2.43. The summed E-state index contributed by atoms with van der Waals surface area (Å²) in [4.78, 5) is 17.6. The summed E-state index contributed by atoms with van der Waals surface area (Å²) in [5.41, 5.74) is 0.602. The van der Waals surface area contributed by atoms with E-state index in [1.165, 1.54) is 6.42 Å². The molecule has 0 radical (unpaired) electrons. The minimum Gasteiger partial charge on any atom is -0.356 e. The van der Waals surface area contributed by atoms with Gasteiger partial charge in [-0.15, -0.1) is 0 Å². The number of nitrogens with zero attached hydrogens (tertiary/aromatic N) is 1. The highest BCUT2D eigenvalue weighted by atomic mass is 35.5. The van der Waals surface area contributed by atoms with Crippen LogP contribution in [0, 0.1) is 11.8 Å². The highest BCUT2D eigenvalue weighted by Gasteiger charge is 2.30. The van der Waals surface area contributed by atoms with Crippen LogP contribution in [0.5, 0.6) is 0 Å². The standard InChI is InChI=1S/C15H23ClN2O/c1-10(2)14-5-4-11(3)6-7-18(14)15(19)13-8-12(16)9-17-13/h8-11,14,17H,4-7H2,1-3H3. The lowest BCUT2D eigenvalue weighted by atomic mass is 9.95. The second-order valence-electron chi connectivity index (χ2n) is 6.01. The molecule has 2 rings (SSSR count). The van der Waals surface area contributed by atoms with E-state index < -0.39 is 0 Å².